The first-order chi connectivity index (χ1) is 16.6. The summed E-state index contributed by atoms with van der Waals surface area (Å²) in [6, 6.07) is 21.9. The molecule has 3 aromatic carbocycles. The van der Waals surface area contributed by atoms with Gasteiger partial charge < -0.3 is 25.8 Å². The number of hydrogen-bond donors (Lipinski definition) is 3. The number of carbonyl (C=O) groups excluding carboxylic acids is 1. The first kappa shape index (κ1) is 23.4. The zero-order valence-electron chi connectivity index (χ0n) is 19.7. The number of fused-ring (bicyclic) bond motifs is 1. The highest BCUT2D eigenvalue weighted by Crippen LogP contribution is 2.43. The summed E-state index contributed by atoms with van der Waals surface area (Å²) in [6.07, 6.45) is 1.90. The van der Waals surface area contributed by atoms with Crippen molar-refractivity contribution in [1.82, 2.24) is 0 Å². The Hall–Kier alpha value is -3.77. The number of rotatable bonds is 10. The molecule has 6 nitrogen and oxygen atoms in total. The van der Waals surface area contributed by atoms with Crippen molar-refractivity contribution in [3.8, 4) is 11.5 Å². The fraction of sp³-hybridized carbons (Fsp3) is 0.250. The van der Waals surface area contributed by atoms with Gasteiger partial charge in [0.15, 0.2) is 11.5 Å². The molecule has 1 aliphatic rings. The number of hydrogen-bond acceptors (Lipinski definition) is 5. The summed E-state index contributed by atoms with van der Waals surface area (Å²) in [4.78, 5) is 13.2. The Kier molecular flexibility index (Phi) is 7.50. The Morgan fingerprint density at radius 2 is 1.62 bits per heavy atom. The summed E-state index contributed by atoms with van der Waals surface area (Å²) >= 11 is 0. The zero-order chi connectivity index (χ0) is 23.9. The molecule has 0 aromatic heterocycles. The van der Waals surface area contributed by atoms with Crippen molar-refractivity contribution in [2.75, 3.05) is 30.4 Å². The molecule has 0 radical (unpaired) electrons. The standard InChI is InChI=1S/C28H31N3O3/c1-3-33-24-17-22-23(18-25(24)34-4-2)31-28(32)26(22)27(20-10-6-5-7-11-20)30-21-14-12-19(13-15-21)9-8-16-29/h5-7,10-15,17-18,30H,3-4,8-9,16,29H2,1-2H3,(H,31,32)/b27-26-. The number of anilines is 2. The third kappa shape index (κ3) is 5.07. The van der Waals surface area contributed by atoms with Crippen LogP contribution in [0.1, 0.15) is 37.0 Å². The van der Waals surface area contributed by atoms with Crippen molar-refractivity contribution in [2.24, 2.45) is 5.73 Å². The molecule has 1 heterocycles. The van der Waals surface area contributed by atoms with Gasteiger partial charge in [-0.15, -0.1) is 0 Å². The molecule has 34 heavy (non-hydrogen) atoms. The van der Waals surface area contributed by atoms with Crippen LogP contribution in [0, 0.1) is 0 Å². The monoisotopic (exact) mass is 457 g/mol. The van der Waals surface area contributed by atoms with Gasteiger partial charge in [0.05, 0.1) is 30.2 Å². The van der Waals surface area contributed by atoms with Crippen molar-refractivity contribution < 1.29 is 14.3 Å². The van der Waals surface area contributed by atoms with E-state index in [4.69, 9.17) is 15.2 Å². The number of amides is 1. The van der Waals surface area contributed by atoms with E-state index in [-0.39, 0.29) is 5.91 Å². The first-order valence-electron chi connectivity index (χ1n) is 11.8. The van der Waals surface area contributed by atoms with Crippen LogP contribution in [0.25, 0.3) is 11.3 Å². The van der Waals surface area contributed by atoms with Crippen LogP contribution >= 0.6 is 0 Å². The fourth-order valence-electron chi connectivity index (χ4n) is 4.05. The van der Waals surface area contributed by atoms with E-state index in [1.165, 1.54) is 5.56 Å². The van der Waals surface area contributed by atoms with Crippen LogP contribution in [-0.4, -0.2) is 25.7 Å². The summed E-state index contributed by atoms with van der Waals surface area (Å²) in [6.45, 7) is 5.53. The summed E-state index contributed by atoms with van der Waals surface area (Å²) in [7, 11) is 0. The van der Waals surface area contributed by atoms with E-state index in [1.807, 2.05) is 68.4 Å². The molecule has 6 heteroatoms. The Bertz CT molecular complexity index is 1170. The lowest BCUT2D eigenvalue weighted by Gasteiger charge is -2.16. The van der Waals surface area contributed by atoms with Gasteiger partial charge in [0.1, 0.15) is 0 Å². The van der Waals surface area contributed by atoms with Gasteiger partial charge in [-0.25, -0.2) is 0 Å². The predicted molar refractivity (Wildman–Crippen MR) is 138 cm³/mol. The number of nitrogens with one attached hydrogen (secondary N) is 2. The van der Waals surface area contributed by atoms with Crippen molar-refractivity contribution >= 4 is 28.6 Å². The molecule has 0 aliphatic carbocycles. The molecule has 176 valence electrons. The lowest BCUT2D eigenvalue weighted by molar-refractivity contribution is -0.110. The smallest absolute Gasteiger partial charge is 0.258 e. The second kappa shape index (κ2) is 10.9. The van der Waals surface area contributed by atoms with Crippen LogP contribution in [0.2, 0.25) is 0 Å². The quantitative estimate of drug-likeness (QED) is 0.359. The topological polar surface area (TPSA) is 85.6 Å². The predicted octanol–water partition coefficient (Wildman–Crippen LogP) is 5.31. The van der Waals surface area contributed by atoms with Crippen molar-refractivity contribution in [3.63, 3.8) is 0 Å². The van der Waals surface area contributed by atoms with Crippen LogP contribution in [0.5, 0.6) is 11.5 Å². The number of aryl methyl sites for hydroxylation is 1. The maximum atomic E-state index is 13.2. The minimum atomic E-state index is -0.169. The highest BCUT2D eigenvalue weighted by Gasteiger charge is 2.30. The number of ether oxygens (including phenoxy) is 2. The maximum Gasteiger partial charge on any atom is 0.258 e. The summed E-state index contributed by atoms with van der Waals surface area (Å²) in [5.74, 6) is 1.07. The Balaban J connectivity index is 1.80. The lowest BCUT2D eigenvalue weighted by atomic mass is 9.99. The largest absolute Gasteiger partial charge is 0.490 e. The summed E-state index contributed by atoms with van der Waals surface area (Å²) in [5.41, 5.74) is 11.5. The van der Waals surface area contributed by atoms with E-state index < -0.39 is 0 Å². The van der Waals surface area contributed by atoms with Crippen LogP contribution in [-0.2, 0) is 11.2 Å². The zero-order valence-corrected chi connectivity index (χ0v) is 19.7. The van der Waals surface area contributed by atoms with Gasteiger partial charge in [0.25, 0.3) is 5.91 Å². The molecule has 0 saturated carbocycles. The molecule has 0 unspecified atom stereocenters. The van der Waals surface area contributed by atoms with Crippen LogP contribution in [0.15, 0.2) is 66.7 Å². The lowest BCUT2D eigenvalue weighted by Crippen LogP contribution is -2.10. The Morgan fingerprint density at radius 1 is 0.941 bits per heavy atom. The van der Waals surface area contributed by atoms with E-state index in [2.05, 4.69) is 22.8 Å². The van der Waals surface area contributed by atoms with E-state index in [0.717, 1.165) is 35.4 Å². The first-order valence-corrected chi connectivity index (χ1v) is 11.8. The average Bonchev–Trinajstić information content (AvgIpc) is 3.17. The molecule has 1 aliphatic heterocycles. The van der Waals surface area contributed by atoms with Crippen molar-refractivity contribution in [3.05, 3.63) is 83.4 Å². The van der Waals surface area contributed by atoms with Gasteiger partial charge in [0, 0.05) is 17.3 Å². The average molecular weight is 458 g/mol. The molecule has 4 N–H and O–H groups in total. The SMILES string of the molecule is CCOc1cc2c(cc1OCC)/C(=C(/Nc1ccc(CCCN)cc1)c1ccccc1)C(=O)N2. The van der Waals surface area contributed by atoms with Crippen LogP contribution < -0.4 is 25.8 Å². The third-order valence-corrected chi connectivity index (χ3v) is 5.63. The van der Waals surface area contributed by atoms with Gasteiger partial charge in [-0.2, -0.15) is 0 Å². The van der Waals surface area contributed by atoms with Crippen LogP contribution in [0.3, 0.4) is 0 Å². The molecule has 3 aromatic rings. The van der Waals surface area contributed by atoms with E-state index in [9.17, 15) is 4.79 Å². The second-order valence-electron chi connectivity index (χ2n) is 7.99. The third-order valence-electron chi connectivity index (χ3n) is 5.63. The number of carbonyl (C=O) groups is 1. The second-order valence-corrected chi connectivity index (χ2v) is 7.99. The molecule has 1 amide bonds. The molecule has 0 fully saturated rings. The van der Waals surface area contributed by atoms with Crippen molar-refractivity contribution in [1.29, 1.82) is 0 Å². The number of benzene rings is 3. The molecule has 0 atom stereocenters. The van der Waals surface area contributed by atoms with Gasteiger partial charge >= 0.3 is 0 Å². The van der Waals surface area contributed by atoms with E-state index in [1.54, 1.807) is 0 Å². The van der Waals surface area contributed by atoms with Gasteiger partial charge in [-0.3, -0.25) is 4.79 Å². The molecule has 0 saturated heterocycles. The Morgan fingerprint density at radius 3 is 2.26 bits per heavy atom. The van der Waals surface area contributed by atoms with E-state index in [0.29, 0.717) is 42.5 Å². The molecular formula is C28H31N3O3. The van der Waals surface area contributed by atoms with E-state index >= 15 is 0 Å². The molecular weight excluding hydrogens is 426 g/mol. The van der Waals surface area contributed by atoms with Gasteiger partial charge in [-0.1, -0.05) is 42.5 Å². The summed E-state index contributed by atoms with van der Waals surface area (Å²) < 4.78 is 11.6. The van der Waals surface area contributed by atoms with Crippen molar-refractivity contribution in [2.45, 2.75) is 26.7 Å². The normalized spacial score (nSPS) is 13.8. The maximum absolute atomic E-state index is 13.2. The number of nitrogens with two attached hydrogens (primary N) is 1. The minimum Gasteiger partial charge on any atom is -0.490 e. The summed E-state index contributed by atoms with van der Waals surface area (Å²) in [5, 5.41) is 6.50. The van der Waals surface area contributed by atoms with Gasteiger partial charge in [0.2, 0.25) is 0 Å². The fourth-order valence-corrected chi connectivity index (χ4v) is 4.05. The molecule has 0 spiro atoms. The van der Waals surface area contributed by atoms with Crippen LogP contribution in [0.4, 0.5) is 11.4 Å². The molecule has 0 bridgehead atoms. The highest BCUT2D eigenvalue weighted by molar-refractivity contribution is 6.37. The molecule has 4 rings (SSSR count). The highest BCUT2D eigenvalue weighted by atomic mass is 16.5. The minimum absolute atomic E-state index is 0.169. The van der Waals surface area contributed by atoms with Gasteiger partial charge in [-0.05, 0) is 62.6 Å². The Labute approximate surface area is 200 Å².